The monoisotopic (exact) mass is 426 g/mol. The Morgan fingerprint density at radius 2 is 1.00 bits per heavy atom. The van der Waals surface area contributed by atoms with Crippen molar-refractivity contribution in [2.24, 2.45) is 0 Å². The summed E-state index contributed by atoms with van der Waals surface area (Å²) in [4.78, 5) is 21.6. The van der Waals surface area contributed by atoms with Crippen LogP contribution in [0.5, 0.6) is 0 Å². The van der Waals surface area contributed by atoms with E-state index >= 15 is 0 Å². The molecule has 0 aliphatic rings. The molecular formula is C14H24Li2N2O8S2. The van der Waals surface area contributed by atoms with E-state index in [1.165, 1.54) is 27.7 Å². The molecule has 14 heteroatoms. The van der Waals surface area contributed by atoms with Crippen LogP contribution in [0.15, 0.2) is 25.3 Å². The molecule has 2 amide bonds. The fourth-order valence-electron chi connectivity index (χ4n) is 1.73. The summed E-state index contributed by atoms with van der Waals surface area (Å²) in [5, 5.41) is 4.65. The van der Waals surface area contributed by atoms with Crippen LogP contribution >= 0.6 is 0 Å². The first-order chi connectivity index (χ1) is 11.3. The van der Waals surface area contributed by atoms with Crippen molar-refractivity contribution in [3.8, 4) is 0 Å². The van der Waals surface area contributed by atoms with Gasteiger partial charge in [0.25, 0.3) is 0 Å². The second-order valence-corrected chi connectivity index (χ2v) is 9.37. The number of carbonyl (C=O) groups is 2. The van der Waals surface area contributed by atoms with E-state index in [4.69, 9.17) is 0 Å². The summed E-state index contributed by atoms with van der Waals surface area (Å²) in [5.41, 5.74) is -2.13. The third-order valence-corrected chi connectivity index (χ3v) is 4.52. The van der Waals surface area contributed by atoms with E-state index in [-0.39, 0.29) is 37.7 Å². The van der Waals surface area contributed by atoms with Gasteiger partial charge >= 0.3 is 37.7 Å². The van der Waals surface area contributed by atoms with Gasteiger partial charge in [0.1, 0.15) is 0 Å². The number of carbonyl (C=O) groups excluding carboxylic acids is 2. The molecule has 0 spiro atoms. The van der Waals surface area contributed by atoms with E-state index in [2.05, 4.69) is 23.8 Å². The quantitative estimate of drug-likeness (QED) is 0.219. The normalized spacial score (nSPS) is 11.4. The Kier molecular flexibility index (Phi) is 17.0. The second kappa shape index (κ2) is 13.6. The molecule has 2 N–H and O–H groups in total. The molecule has 28 heavy (non-hydrogen) atoms. The molecular weight excluding hydrogens is 402 g/mol. The minimum atomic E-state index is -4.33. The summed E-state index contributed by atoms with van der Waals surface area (Å²) in [6.45, 7) is 12.2. The standard InChI is InChI=1S/2C7H13NO4S.2Li/c2*1-4-6(9)8-7(2,3)5-13(10,11)12;;/h2*4H,1,5H2,2-3H3,(H,8,9)(H,10,11,12);;/q;;2*+1/p-2. The molecule has 0 heterocycles. The molecule has 0 aromatic rings. The largest absolute Gasteiger partial charge is 1.00 e. The summed E-state index contributed by atoms with van der Waals surface area (Å²) < 4.78 is 62.3. The van der Waals surface area contributed by atoms with Gasteiger partial charge in [0.05, 0.1) is 31.7 Å². The van der Waals surface area contributed by atoms with E-state index in [1.807, 2.05) is 0 Å². The van der Waals surface area contributed by atoms with Gasteiger partial charge < -0.3 is 19.7 Å². The summed E-state index contributed by atoms with van der Waals surface area (Å²) in [7, 11) is -8.67. The number of hydrogen-bond donors (Lipinski definition) is 2. The average Bonchev–Trinajstić information content (AvgIpc) is 2.31. The van der Waals surface area contributed by atoms with Crippen molar-refractivity contribution in [3.05, 3.63) is 25.3 Å². The summed E-state index contributed by atoms with van der Waals surface area (Å²) >= 11 is 0. The number of nitrogens with one attached hydrogen (secondary N) is 2. The zero-order valence-electron chi connectivity index (χ0n) is 17.1. The minimum absolute atomic E-state index is 0. The van der Waals surface area contributed by atoms with Crippen LogP contribution in [0, 0.1) is 0 Å². The Morgan fingerprint density at radius 3 is 1.14 bits per heavy atom. The second-order valence-electron chi connectivity index (χ2n) is 6.56. The van der Waals surface area contributed by atoms with E-state index in [1.54, 1.807) is 0 Å². The first-order valence-corrected chi connectivity index (χ1v) is 10.2. The van der Waals surface area contributed by atoms with E-state index < -0.39 is 54.6 Å². The van der Waals surface area contributed by atoms with Crippen molar-refractivity contribution < 1.29 is 73.3 Å². The van der Waals surface area contributed by atoms with Crippen LogP contribution in [0.1, 0.15) is 27.7 Å². The van der Waals surface area contributed by atoms with Gasteiger partial charge in [-0.1, -0.05) is 13.2 Å². The predicted molar refractivity (Wildman–Crippen MR) is 94.0 cm³/mol. The minimum Gasteiger partial charge on any atom is -0.748 e. The Bertz CT molecular complexity index is 683. The van der Waals surface area contributed by atoms with Crippen molar-refractivity contribution in [3.63, 3.8) is 0 Å². The van der Waals surface area contributed by atoms with Crippen LogP contribution in [0.4, 0.5) is 0 Å². The third kappa shape index (κ3) is 23.5. The Labute approximate surface area is 190 Å². The van der Waals surface area contributed by atoms with Gasteiger partial charge in [0.2, 0.25) is 11.8 Å². The van der Waals surface area contributed by atoms with E-state index in [0.717, 1.165) is 12.2 Å². The van der Waals surface area contributed by atoms with E-state index in [0.29, 0.717) is 0 Å². The zero-order chi connectivity index (χ0) is 21.4. The van der Waals surface area contributed by atoms with Crippen LogP contribution in [-0.4, -0.2) is 60.3 Å². The zero-order valence-corrected chi connectivity index (χ0v) is 18.7. The fourth-order valence-corrected chi connectivity index (χ4v) is 3.64. The number of hydrogen-bond acceptors (Lipinski definition) is 8. The molecule has 0 saturated carbocycles. The van der Waals surface area contributed by atoms with Crippen molar-refractivity contribution >= 4 is 32.1 Å². The van der Waals surface area contributed by atoms with E-state index in [9.17, 15) is 35.5 Å². The number of rotatable bonds is 8. The van der Waals surface area contributed by atoms with Gasteiger partial charge in [-0.05, 0) is 39.8 Å². The SMILES string of the molecule is C=CC(=O)NC(C)(C)CS(=O)(=O)[O-].C=CC(=O)NC(C)(C)CS(=O)(=O)[O-].[Li+].[Li+]. The van der Waals surface area contributed by atoms with Crippen LogP contribution in [-0.2, 0) is 29.8 Å². The van der Waals surface area contributed by atoms with Gasteiger partial charge in [-0.15, -0.1) is 0 Å². The molecule has 0 aromatic heterocycles. The molecule has 0 aliphatic heterocycles. The maximum atomic E-state index is 10.8. The first kappa shape index (κ1) is 34.9. The van der Waals surface area contributed by atoms with Crippen LogP contribution < -0.4 is 48.4 Å². The molecule has 0 unspecified atom stereocenters. The molecule has 152 valence electrons. The van der Waals surface area contributed by atoms with Crippen molar-refractivity contribution in [1.82, 2.24) is 10.6 Å². The Morgan fingerprint density at radius 1 is 0.786 bits per heavy atom. The van der Waals surface area contributed by atoms with Crippen molar-refractivity contribution in [2.45, 2.75) is 38.8 Å². The number of amides is 2. The van der Waals surface area contributed by atoms with Crippen LogP contribution in [0.2, 0.25) is 0 Å². The molecule has 0 atom stereocenters. The van der Waals surface area contributed by atoms with Crippen molar-refractivity contribution in [1.29, 1.82) is 0 Å². The topological polar surface area (TPSA) is 173 Å². The van der Waals surface area contributed by atoms with Crippen LogP contribution in [0.3, 0.4) is 0 Å². The predicted octanol–water partition coefficient (Wildman–Crippen LogP) is -6.77. The summed E-state index contributed by atoms with van der Waals surface area (Å²) in [5.74, 6) is -2.29. The van der Waals surface area contributed by atoms with Gasteiger partial charge in [0, 0.05) is 11.1 Å². The molecule has 0 rings (SSSR count). The third-order valence-electron chi connectivity index (χ3n) is 2.37. The smallest absolute Gasteiger partial charge is 0.748 e. The maximum Gasteiger partial charge on any atom is 1.00 e. The molecule has 0 aliphatic carbocycles. The first-order valence-electron chi connectivity index (χ1n) is 7.09. The molecule has 0 aromatic carbocycles. The Hall–Kier alpha value is -0.565. The fraction of sp³-hybridized carbons (Fsp3) is 0.571. The Balaban J connectivity index is -0.000000192. The summed E-state index contributed by atoms with van der Waals surface area (Å²) in [6.07, 6.45) is 2.03. The van der Waals surface area contributed by atoms with Gasteiger partial charge in [0.15, 0.2) is 0 Å². The molecule has 0 radical (unpaired) electrons. The molecule has 0 bridgehead atoms. The summed E-state index contributed by atoms with van der Waals surface area (Å²) in [6, 6.07) is 0. The average molecular weight is 426 g/mol. The molecule has 10 nitrogen and oxygen atoms in total. The molecule has 0 saturated heterocycles. The van der Waals surface area contributed by atoms with Crippen LogP contribution in [0.25, 0.3) is 0 Å². The molecule has 0 fully saturated rings. The maximum absolute atomic E-state index is 10.8. The van der Waals surface area contributed by atoms with Gasteiger partial charge in [-0.3, -0.25) is 9.59 Å². The van der Waals surface area contributed by atoms with Gasteiger partial charge in [-0.25, -0.2) is 16.8 Å². The van der Waals surface area contributed by atoms with Gasteiger partial charge in [-0.2, -0.15) is 0 Å². The van der Waals surface area contributed by atoms with Crippen molar-refractivity contribution in [2.75, 3.05) is 11.5 Å².